The average molecular weight is 339 g/mol. The van der Waals surface area contributed by atoms with E-state index in [-0.39, 0.29) is 18.4 Å². The van der Waals surface area contributed by atoms with Gasteiger partial charge in [0.25, 0.3) is 5.91 Å². The fraction of sp³-hybridized carbons (Fsp3) is 0.300. The van der Waals surface area contributed by atoms with Crippen molar-refractivity contribution in [3.05, 3.63) is 59.2 Å². The minimum Gasteiger partial charge on any atom is -0.376 e. The normalized spacial score (nSPS) is 10.2. The van der Waals surface area contributed by atoms with Gasteiger partial charge in [-0.05, 0) is 49.6 Å². The Hall–Kier alpha value is -2.82. The molecule has 3 N–H and O–H groups in total. The maximum Gasteiger partial charge on any atom is 0.251 e. The van der Waals surface area contributed by atoms with Crippen LogP contribution in [0.1, 0.15) is 34.8 Å². The molecule has 0 fully saturated rings. The van der Waals surface area contributed by atoms with Crippen LogP contribution in [0.25, 0.3) is 0 Å². The number of amides is 2. The fourth-order valence-corrected chi connectivity index (χ4v) is 2.55. The molecule has 0 aliphatic carbocycles. The minimum absolute atomic E-state index is 0.133. The van der Waals surface area contributed by atoms with Crippen molar-refractivity contribution in [1.82, 2.24) is 5.32 Å². The summed E-state index contributed by atoms with van der Waals surface area (Å²) in [5.74, 6) is -0.291. The molecule has 2 aromatic carbocycles. The van der Waals surface area contributed by atoms with Gasteiger partial charge in [-0.3, -0.25) is 9.59 Å². The first-order chi connectivity index (χ1) is 12.0. The van der Waals surface area contributed by atoms with Gasteiger partial charge in [0.15, 0.2) is 0 Å². The first-order valence-corrected chi connectivity index (χ1v) is 8.49. The number of nitrogens with one attached hydrogen (secondary N) is 3. The summed E-state index contributed by atoms with van der Waals surface area (Å²) in [6.07, 6.45) is 0.881. The summed E-state index contributed by atoms with van der Waals surface area (Å²) in [4.78, 5) is 24.2. The van der Waals surface area contributed by atoms with Crippen molar-refractivity contribution in [1.29, 1.82) is 0 Å². The highest BCUT2D eigenvalue weighted by molar-refractivity contribution is 5.98. The van der Waals surface area contributed by atoms with Crippen LogP contribution in [-0.4, -0.2) is 24.9 Å². The number of para-hydroxylation sites is 1. The summed E-state index contributed by atoms with van der Waals surface area (Å²) < 4.78 is 0. The molecule has 0 heterocycles. The first kappa shape index (κ1) is 18.5. The van der Waals surface area contributed by atoms with Gasteiger partial charge in [0.2, 0.25) is 5.91 Å². The Bertz CT molecular complexity index is 736. The zero-order chi connectivity index (χ0) is 18.2. The van der Waals surface area contributed by atoms with Crippen molar-refractivity contribution >= 4 is 23.2 Å². The monoisotopic (exact) mass is 339 g/mol. The molecule has 0 saturated heterocycles. The lowest BCUT2D eigenvalue weighted by Crippen LogP contribution is -2.25. The largest absolute Gasteiger partial charge is 0.376 e. The number of benzene rings is 2. The molecule has 0 aliphatic rings. The van der Waals surface area contributed by atoms with Crippen LogP contribution in [0.3, 0.4) is 0 Å². The van der Waals surface area contributed by atoms with Gasteiger partial charge in [0.05, 0.1) is 6.54 Å². The molecule has 0 aromatic heterocycles. The van der Waals surface area contributed by atoms with E-state index in [0.29, 0.717) is 17.8 Å². The molecule has 2 aromatic rings. The lowest BCUT2D eigenvalue weighted by atomic mass is 10.1. The van der Waals surface area contributed by atoms with Crippen LogP contribution in [0.2, 0.25) is 0 Å². The summed E-state index contributed by atoms with van der Waals surface area (Å²) >= 11 is 0. The summed E-state index contributed by atoms with van der Waals surface area (Å²) in [6, 6.07) is 12.9. The van der Waals surface area contributed by atoms with Gasteiger partial charge in [-0.1, -0.05) is 31.2 Å². The van der Waals surface area contributed by atoms with Crippen LogP contribution in [0.5, 0.6) is 0 Å². The van der Waals surface area contributed by atoms with E-state index in [0.717, 1.165) is 23.2 Å². The number of carbonyl (C=O) groups excluding carboxylic acids is 2. The van der Waals surface area contributed by atoms with Crippen LogP contribution < -0.4 is 16.0 Å². The highest BCUT2D eigenvalue weighted by Crippen LogP contribution is 2.19. The zero-order valence-electron chi connectivity index (χ0n) is 15.0. The van der Waals surface area contributed by atoms with Crippen molar-refractivity contribution in [2.75, 3.05) is 23.7 Å². The molecule has 5 heteroatoms. The van der Waals surface area contributed by atoms with Gasteiger partial charge in [-0.2, -0.15) is 0 Å². The smallest absolute Gasteiger partial charge is 0.251 e. The highest BCUT2D eigenvalue weighted by atomic mass is 16.2. The van der Waals surface area contributed by atoms with Crippen LogP contribution >= 0.6 is 0 Å². The number of aryl methyl sites for hydroxylation is 2. The molecule has 5 nitrogen and oxygen atoms in total. The maximum atomic E-state index is 12.2. The molecular weight excluding hydrogens is 314 g/mol. The minimum atomic E-state index is -0.159. The number of rotatable bonds is 7. The molecule has 0 radical (unpaired) electrons. The SMILES string of the molecule is CCCNC(=O)c1cccc(NC(=O)CNc2c(C)cccc2C)c1. The maximum absolute atomic E-state index is 12.2. The van der Waals surface area contributed by atoms with Gasteiger partial charge >= 0.3 is 0 Å². The fourth-order valence-electron chi connectivity index (χ4n) is 2.55. The molecule has 0 spiro atoms. The first-order valence-electron chi connectivity index (χ1n) is 8.49. The van der Waals surface area contributed by atoms with Gasteiger partial charge in [-0.15, -0.1) is 0 Å². The van der Waals surface area contributed by atoms with Gasteiger partial charge < -0.3 is 16.0 Å². The number of hydrogen-bond donors (Lipinski definition) is 3. The van der Waals surface area contributed by atoms with Crippen LogP contribution in [-0.2, 0) is 4.79 Å². The summed E-state index contributed by atoms with van der Waals surface area (Å²) in [5, 5.41) is 8.82. The van der Waals surface area contributed by atoms with Crippen molar-refractivity contribution in [2.45, 2.75) is 27.2 Å². The van der Waals surface area contributed by atoms with Gasteiger partial charge in [0, 0.05) is 23.5 Å². The topological polar surface area (TPSA) is 70.2 Å². The second kappa shape index (κ2) is 8.87. The lowest BCUT2D eigenvalue weighted by Gasteiger charge is -2.13. The standard InChI is InChI=1S/C20H25N3O2/c1-4-11-21-20(25)16-9-6-10-17(12-16)23-18(24)13-22-19-14(2)7-5-8-15(19)3/h5-10,12,22H,4,11,13H2,1-3H3,(H,21,25)(H,23,24). The molecule has 2 amide bonds. The second-order valence-corrected chi connectivity index (χ2v) is 6.01. The Labute approximate surface area is 148 Å². The van der Waals surface area contributed by atoms with E-state index >= 15 is 0 Å². The van der Waals surface area contributed by atoms with E-state index in [4.69, 9.17) is 0 Å². The van der Waals surface area contributed by atoms with E-state index in [1.807, 2.05) is 39.0 Å². The molecule has 0 bridgehead atoms. The molecule has 0 unspecified atom stereocenters. The van der Waals surface area contributed by atoms with Crippen LogP contribution in [0.4, 0.5) is 11.4 Å². The van der Waals surface area contributed by atoms with Crippen molar-refractivity contribution in [3.63, 3.8) is 0 Å². The number of carbonyl (C=O) groups is 2. The van der Waals surface area contributed by atoms with E-state index < -0.39 is 0 Å². The van der Waals surface area contributed by atoms with Gasteiger partial charge in [0.1, 0.15) is 0 Å². The Morgan fingerprint density at radius 3 is 2.36 bits per heavy atom. The van der Waals surface area contributed by atoms with Crippen molar-refractivity contribution in [2.24, 2.45) is 0 Å². The lowest BCUT2D eigenvalue weighted by molar-refractivity contribution is -0.114. The molecule has 0 atom stereocenters. The Morgan fingerprint density at radius 2 is 1.68 bits per heavy atom. The van der Waals surface area contributed by atoms with Crippen molar-refractivity contribution < 1.29 is 9.59 Å². The number of hydrogen-bond acceptors (Lipinski definition) is 3. The van der Waals surface area contributed by atoms with Gasteiger partial charge in [-0.25, -0.2) is 0 Å². The van der Waals surface area contributed by atoms with Crippen molar-refractivity contribution in [3.8, 4) is 0 Å². The third-order valence-corrected chi connectivity index (χ3v) is 3.85. The quantitative estimate of drug-likeness (QED) is 0.723. The van der Waals surface area contributed by atoms with E-state index in [1.165, 1.54) is 0 Å². The Kier molecular flexibility index (Phi) is 6.57. The summed E-state index contributed by atoms with van der Waals surface area (Å²) in [6.45, 7) is 6.81. The second-order valence-electron chi connectivity index (χ2n) is 6.01. The third kappa shape index (κ3) is 5.35. The number of anilines is 2. The molecule has 25 heavy (non-hydrogen) atoms. The van der Waals surface area contributed by atoms with Crippen LogP contribution in [0, 0.1) is 13.8 Å². The van der Waals surface area contributed by atoms with E-state index in [1.54, 1.807) is 24.3 Å². The predicted molar refractivity (Wildman–Crippen MR) is 102 cm³/mol. The molecule has 132 valence electrons. The molecule has 0 saturated carbocycles. The summed E-state index contributed by atoms with van der Waals surface area (Å²) in [5.41, 5.74) is 4.32. The Balaban J connectivity index is 1.95. The molecule has 2 rings (SSSR count). The van der Waals surface area contributed by atoms with Crippen LogP contribution in [0.15, 0.2) is 42.5 Å². The molecule has 0 aliphatic heterocycles. The Morgan fingerprint density at radius 1 is 1.00 bits per heavy atom. The van der Waals surface area contributed by atoms with E-state index in [2.05, 4.69) is 16.0 Å². The predicted octanol–water partition coefficient (Wildman–Crippen LogP) is 3.49. The van der Waals surface area contributed by atoms with E-state index in [9.17, 15) is 9.59 Å². The molecular formula is C20H25N3O2. The zero-order valence-corrected chi connectivity index (χ0v) is 15.0. The summed E-state index contributed by atoms with van der Waals surface area (Å²) in [7, 11) is 0. The highest BCUT2D eigenvalue weighted by Gasteiger charge is 2.08. The average Bonchev–Trinajstić information content (AvgIpc) is 2.59. The third-order valence-electron chi connectivity index (χ3n) is 3.85.